The number of ether oxygens (including phenoxy) is 1. The fourth-order valence-electron chi connectivity index (χ4n) is 2.76. The zero-order valence-electron chi connectivity index (χ0n) is 13.0. The van der Waals surface area contributed by atoms with Crippen LogP contribution in [0.2, 0.25) is 0 Å². The molecule has 0 saturated heterocycles. The number of nitrogens with two attached hydrogens (primary N) is 1. The predicted molar refractivity (Wildman–Crippen MR) is 89.1 cm³/mol. The van der Waals surface area contributed by atoms with Crippen LogP contribution in [0.25, 0.3) is 0 Å². The molecule has 0 spiro atoms. The van der Waals surface area contributed by atoms with Crippen molar-refractivity contribution in [3.05, 3.63) is 24.3 Å². The molecule has 122 valence electrons. The maximum absolute atomic E-state index is 12.1. The van der Waals surface area contributed by atoms with Crippen LogP contribution in [0.3, 0.4) is 0 Å². The van der Waals surface area contributed by atoms with Gasteiger partial charge in [0.25, 0.3) is 0 Å². The van der Waals surface area contributed by atoms with Crippen molar-refractivity contribution >= 4 is 21.5 Å². The highest BCUT2D eigenvalue weighted by molar-refractivity contribution is 7.92. The second-order valence-electron chi connectivity index (χ2n) is 5.72. The van der Waals surface area contributed by atoms with E-state index in [1.807, 2.05) is 24.3 Å². The summed E-state index contributed by atoms with van der Waals surface area (Å²) < 4.78 is 28.4. The number of methoxy groups -OCH3 is 1. The van der Waals surface area contributed by atoms with Crippen LogP contribution >= 0.6 is 0 Å². The number of anilines is 1. The van der Waals surface area contributed by atoms with Gasteiger partial charge in [-0.1, -0.05) is 12.8 Å². The minimum absolute atomic E-state index is 0.209. The van der Waals surface area contributed by atoms with Gasteiger partial charge < -0.3 is 15.8 Å². The summed E-state index contributed by atoms with van der Waals surface area (Å²) >= 11 is 0. The van der Waals surface area contributed by atoms with E-state index in [-0.39, 0.29) is 12.5 Å². The number of nitrogens with one attached hydrogen (secondary N) is 1. The lowest BCUT2D eigenvalue weighted by atomic mass is 10.1. The molecule has 1 fully saturated rings. The summed E-state index contributed by atoms with van der Waals surface area (Å²) in [5, 5.41) is 2.96. The zero-order chi connectivity index (χ0) is 16.2. The van der Waals surface area contributed by atoms with Gasteiger partial charge in [0.15, 0.2) is 15.8 Å². The highest BCUT2D eigenvalue weighted by Gasteiger charge is 2.43. The van der Waals surface area contributed by atoms with Crippen LogP contribution in [0.4, 0.5) is 5.69 Å². The summed E-state index contributed by atoms with van der Waals surface area (Å²) in [5.41, 5.74) is 6.65. The summed E-state index contributed by atoms with van der Waals surface area (Å²) in [5.74, 6) is 0.975. The fraction of sp³-hybridized carbons (Fsp3) is 0.533. The lowest BCUT2D eigenvalue weighted by Gasteiger charge is -2.24. The first-order valence-electron chi connectivity index (χ1n) is 7.27. The van der Waals surface area contributed by atoms with Crippen molar-refractivity contribution in [3.8, 4) is 5.75 Å². The quantitative estimate of drug-likeness (QED) is 0.636. The molecule has 0 aliphatic heterocycles. The summed E-state index contributed by atoms with van der Waals surface area (Å²) in [7, 11) is -1.55. The number of guanidine groups is 1. The molecular formula is C15H23N3O3S. The molecule has 0 atom stereocenters. The van der Waals surface area contributed by atoms with Gasteiger partial charge in [-0.15, -0.1) is 0 Å². The van der Waals surface area contributed by atoms with E-state index < -0.39 is 14.6 Å². The lowest BCUT2D eigenvalue weighted by molar-refractivity contribution is 0.415. The van der Waals surface area contributed by atoms with Crippen molar-refractivity contribution in [1.82, 2.24) is 0 Å². The normalized spacial score (nSPS) is 18.2. The molecule has 0 heterocycles. The number of rotatable bonds is 5. The number of sulfone groups is 1. The molecule has 1 aliphatic carbocycles. The molecule has 0 unspecified atom stereocenters. The van der Waals surface area contributed by atoms with Crippen LogP contribution in [0.15, 0.2) is 29.3 Å². The van der Waals surface area contributed by atoms with Crippen LogP contribution in [0, 0.1) is 0 Å². The largest absolute Gasteiger partial charge is 0.497 e. The van der Waals surface area contributed by atoms with E-state index in [1.165, 1.54) is 6.26 Å². The van der Waals surface area contributed by atoms with E-state index in [0.29, 0.717) is 12.8 Å². The average molecular weight is 325 g/mol. The van der Waals surface area contributed by atoms with Gasteiger partial charge in [0, 0.05) is 11.9 Å². The molecule has 0 aromatic heterocycles. The van der Waals surface area contributed by atoms with Crippen molar-refractivity contribution in [2.24, 2.45) is 10.7 Å². The summed E-state index contributed by atoms with van der Waals surface area (Å²) in [6.45, 7) is 0.209. The van der Waals surface area contributed by atoms with Crippen molar-refractivity contribution in [2.75, 3.05) is 25.2 Å². The van der Waals surface area contributed by atoms with E-state index >= 15 is 0 Å². The smallest absolute Gasteiger partial charge is 0.193 e. The van der Waals surface area contributed by atoms with E-state index in [9.17, 15) is 8.42 Å². The first kappa shape index (κ1) is 16.6. The van der Waals surface area contributed by atoms with Gasteiger partial charge in [0.05, 0.1) is 18.4 Å². The second kappa shape index (κ2) is 6.56. The molecule has 0 radical (unpaired) electrons. The van der Waals surface area contributed by atoms with Crippen molar-refractivity contribution in [1.29, 1.82) is 0 Å². The summed E-state index contributed by atoms with van der Waals surface area (Å²) in [4.78, 5) is 4.26. The first-order chi connectivity index (χ1) is 10.4. The van der Waals surface area contributed by atoms with E-state index in [1.54, 1.807) is 7.11 Å². The van der Waals surface area contributed by atoms with Gasteiger partial charge in [-0.2, -0.15) is 0 Å². The van der Waals surface area contributed by atoms with Crippen molar-refractivity contribution in [3.63, 3.8) is 0 Å². The number of hydrogen-bond acceptors (Lipinski definition) is 4. The number of aliphatic imine (C=N–C) groups is 1. The van der Waals surface area contributed by atoms with Gasteiger partial charge in [-0.3, -0.25) is 4.99 Å². The lowest BCUT2D eigenvalue weighted by Crippen LogP contribution is -2.39. The fourth-order valence-corrected chi connectivity index (χ4v) is 4.09. The third-order valence-corrected chi connectivity index (χ3v) is 6.31. The zero-order valence-corrected chi connectivity index (χ0v) is 13.8. The Balaban J connectivity index is 2.05. The molecule has 7 heteroatoms. The molecule has 22 heavy (non-hydrogen) atoms. The monoisotopic (exact) mass is 325 g/mol. The number of benzene rings is 1. The minimum atomic E-state index is -3.15. The van der Waals surface area contributed by atoms with Crippen LogP contribution < -0.4 is 15.8 Å². The Morgan fingerprint density at radius 1 is 1.32 bits per heavy atom. The summed E-state index contributed by atoms with van der Waals surface area (Å²) in [6.07, 6.45) is 4.46. The van der Waals surface area contributed by atoms with Crippen LogP contribution in [-0.4, -0.2) is 39.0 Å². The molecule has 2 rings (SSSR count). The Labute approximate surface area is 131 Å². The SMILES string of the molecule is COc1ccc(NC(N)=NCC2(S(C)(=O)=O)CCCC2)cc1. The Kier molecular flexibility index (Phi) is 4.95. The molecule has 1 saturated carbocycles. The molecular weight excluding hydrogens is 302 g/mol. The molecule has 1 aliphatic rings. The standard InChI is InChI=1S/C15H23N3O3S/c1-21-13-7-5-12(6-8-13)18-14(16)17-11-15(22(2,19)20)9-3-4-10-15/h5-8H,3-4,9-11H2,1-2H3,(H3,16,17,18). The average Bonchev–Trinajstić information content (AvgIpc) is 2.96. The molecule has 1 aromatic rings. The second-order valence-corrected chi connectivity index (χ2v) is 8.13. The molecule has 1 aromatic carbocycles. The van der Waals surface area contributed by atoms with Gasteiger partial charge >= 0.3 is 0 Å². The molecule has 6 nitrogen and oxygen atoms in total. The third-order valence-electron chi connectivity index (χ3n) is 4.20. The highest BCUT2D eigenvalue weighted by atomic mass is 32.2. The maximum Gasteiger partial charge on any atom is 0.193 e. The van der Waals surface area contributed by atoms with Gasteiger partial charge in [-0.05, 0) is 37.1 Å². The van der Waals surface area contributed by atoms with Crippen LogP contribution in [0.5, 0.6) is 5.75 Å². The first-order valence-corrected chi connectivity index (χ1v) is 9.16. The van der Waals surface area contributed by atoms with Gasteiger partial charge in [-0.25, -0.2) is 8.42 Å². The van der Waals surface area contributed by atoms with Crippen LogP contribution in [-0.2, 0) is 9.84 Å². The van der Waals surface area contributed by atoms with E-state index in [4.69, 9.17) is 10.5 Å². The van der Waals surface area contributed by atoms with Gasteiger partial charge in [0.2, 0.25) is 0 Å². The number of hydrogen-bond donors (Lipinski definition) is 2. The highest BCUT2D eigenvalue weighted by Crippen LogP contribution is 2.36. The third kappa shape index (κ3) is 3.71. The Morgan fingerprint density at radius 3 is 2.41 bits per heavy atom. The van der Waals surface area contributed by atoms with Crippen molar-refractivity contribution in [2.45, 2.75) is 30.4 Å². The molecule has 0 bridgehead atoms. The molecule has 3 N–H and O–H groups in total. The maximum atomic E-state index is 12.1. The Hall–Kier alpha value is -1.76. The van der Waals surface area contributed by atoms with Crippen molar-refractivity contribution < 1.29 is 13.2 Å². The van der Waals surface area contributed by atoms with Crippen LogP contribution in [0.1, 0.15) is 25.7 Å². The minimum Gasteiger partial charge on any atom is -0.497 e. The van der Waals surface area contributed by atoms with E-state index in [2.05, 4.69) is 10.3 Å². The topological polar surface area (TPSA) is 93.8 Å². The summed E-state index contributed by atoms with van der Waals surface area (Å²) in [6, 6.07) is 7.27. The van der Waals surface area contributed by atoms with Gasteiger partial charge in [0.1, 0.15) is 5.75 Å². The number of nitrogens with zero attached hydrogens (tertiary/aromatic N) is 1. The Bertz CT molecular complexity index is 633. The predicted octanol–water partition coefficient (Wildman–Crippen LogP) is 1.78. The molecule has 0 amide bonds. The van der Waals surface area contributed by atoms with E-state index in [0.717, 1.165) is 24.3 Å². The Morgan fingerprint density at radius 2 is 1.91 bits per heavy atom.